The molecule has 0 aliphatic carbocycles. The van der Waals surface area contributed by atoms with E-state index in [1.54, 1.807) is 33.8 Å². The summed E-state index contributed by atoms with van der Waals surface area (Å²) in [5.74, 6) is -1.02. The monoisotopic (exact) mass is 434 g/mol. The van der Waals surface area contributed by atoms with E-state index in [-0.39, 0.29) is 17.6 Å². The molecule has 0 spiro atoms. The lowest BCUT2D eigenvalue weighted by atomic mass is 10.1. The first kappa shape index (κ1) is 19.4. The van der Waals surface area contributed by atoms with Gasteiger partial charge in [-0.15, -0.1) is 5.10 Å². The SMILES string of the molecule is O=C(CSc1nnnn1-c1ccccc1)N1C(=O)[C@H]2CCCN2C(=O)c2ccccc21. The van der Waals surface area contributed by atoms with Gasteiger partial charge in [0.1, 0.15) is 6.04 Å². The van der Waals surface area contributed by atoms with Crippen molar-refractivity contribution in [1.29, 1.82) is 0 Å². The molecule has 1 fully saturated rings. The first-order valence-corrected chi connectivity index (χ1v) is 10.9. The number of benzene rings is 2. The van der Waals surface area contributed by atoms with Crippen molar-refractivity contribution in [2.45, 2.75) is 24.0 Å². The normalized spacial score (nSPS) is 18.0. The highest BCUT2D eigenvalue weighted by Gasteiger charge is 2.43. The fraction of sp³-hybridized carbons (Fsp3) is 0.238. The number of aromatic nitrogens is 4. The van der Waals surface area contributed by atoms with Crippen molar-refractivity contribution in [3.63, 3.8) is 0 Å². The Balaban J connectivity index is 1.43. The molecule has 2 aliphatic heterocycles. The number of anilines is 1. The summed E-state index contributed by atoms with van der Waals surface area (Å²) in [5, 5.41) is 12.1. The second-order valence-corrected chi connectivity index (χ2v) is 8.18. The van der Waals surface area contributed by atoms with Gasteiger partial charge >= 0.3 is 0 Å². The van der Waals surface area contributed by atoms with Gasteiger partial charge in [0.2, 0.25) is 11.1 Å². The lowest BCUT2D eigenvalue weighted by molar-refractivity contribution is -0.127. The third kappa shape index (κ3) is 3.38. The second-order valence-electron chi connectivity index (χ2n) is 7.24. The molecule has 3 amide bonds. The van der Waals surface area contributed by atoms with Gasteiger partial charge in [0.15, 0.2) is 0 Å². The van der Waals surface area contributed by atoms with E-state index in [0.717, 1.165) is 28.8 Å². The van der Waals surface area contributed by atoms with Crippen molar-refractivity contribution < 1.29 is 14.4 Å². The Bertz CT molecular complexity index is 1160. The van der Waals surface area contributed by atoms with Crippen LogP contribution in [0.4, 0.5) is 5.69 Å². The third-order valence-corrected chi connectivity index (χ3v) is 6.31. The van der Waals surface area contributed by atoms with Crippen molar-refractivity contribution in [3.8, 4) is 5.69 Å². The Morgan fingerprint density at radius 3 is 2.68 bits per heavy atom. The minimum atomic E-state index is -0.608. The summed E-state index contributed by atoms with van der Waals surface area (Å²) in [5.41, 5.74) is 1.47. The molecular formula is C21H18N6O3S. The van der Waals surface area contributed by atoms with E-state index in [4.69, 9.17) is 0 Å². The molecule has 1 atom stereocenters. The maximum Gasteiger partial charge on any atom is 0.256 e. The topological polar surface area (TPSA) is 101 Å². The number of amides is 3. The minimum absolute atomic E-state index is 0.0474. The largest absolute Gasteiger partial charge is 0.327 e. The number of hydrogen-bond acceptors (Lipinski definition) is 7. The predicted molar refractivity (Wildman–Crippen MR) is 113 cm³/mol. The quantitative estimate of drug-likeness (QED) is 0.578. The van der Waals surface area contributed by atoms with E-state index >= 15 is 0 Å². The number of tetrazole rings is 1. The van der Waals surface area contributed by atoms with Crippen molar-refractivity contribution in [2.24, 2.45) is 0 Å². The van der Waals surface area contributed by atoms with Crippen LogP contribution in [0.5, 0.6) is 0 Å². The molecule has 0 bridgehead atoms. The van der Waals surface area contributed by atoms with Gasteiger partial charge in [0, 0.05) is 6.54 Å². The number of nitrogens with zero attached hydrogens (tertiary/aromatic N) is 6. The molecule has 156 valence electrons. The fourth-order valence-electron chi connectivity index (χ4n) is 3.99. The standard InChI is InChI=1S/C21H18N6O3S/c28-18(13-31-21-22-23-24-27(21)14-7-2-1-3-8-14)26-16-10-5-4-9-15(16)19(29)25-12-6-11-17(25)20(26)30/h1-5,7-10,17H,6,11-13H2/t17-/m1/s1. The maximum atomic E-state index is 13.3. The molecule has 1 aromatic heterocycles. The fourth-order valence-corrected chi connectivity index (χ4v) is 4.73. The molecule has 2 aromatic carbocycles. The van der Waals surface area contributed by atoms with Crippen LogP contribution < -0.4 is 4.90 Å². The first-order chi connectivity index (χ1) is 15.1. The second kappa shape index (κ2) is 7.95. The predicted octanol–water partition coefficient (Wildman–Crippen LogP) is 1.93. The molecule has 0 saturated carbocycles. The third-order valence-electron chi connectivity index (χ3n) is 5.41. The van der Waals surface area contributed by atoms with E-state index in [1.807, 2.05) is 30.3 Å². The zero-order valence-corrected chi connectivity index (χ0v) is 17.2. The van der Waals surface area contributed by atoms with Crippen LogP contribution >= 0.6 is 11.8 Å². The summed E-state index contributed by atoms with van der Waals surface area (Å²) < 4.78 is 1.54. The van der Waals surface area contributed by atoms with Crippen LogP contribution in [0, 0.1) is 0 Å². The van der Waals surface area contributed by atoms with Gasteiger partial charge < -0.3 is 4.90 Å². The van der Waals surface area contributed by atoms with Crippen LogP contribution in [0.15, 0.2) is 59.8 Å². The summed E-state index contributed by atoms with van der Waals surface area (Å²) in [6.45, 7) is 0.520. The Hall–Kier alpha value is -3.53. The summed E-state index contributed by atoms with van der Waals surface area (Å²) in [6.07, 6.45) is 1.30. The summed E-state index contributed by atoms with van der Waals surface area (Å²) in [4.78, 5) is 42.2. The maximum absolute atomic E-state index is 13.3. The van der Waals surface area contributed by atoms with E-state index in [0.29, 0.717) is 29.4 Å². The highest BCUT2D eigenvalue weighted by atomic mass is 32.2. The number of para-hydroxylation sites is 2. The van der Waals surface area contributed by atoms with Gasteiger partial charge in [-0.2, -0.15) is 4.68 Å². The smallest absolute Gasteiger partial charge is 0.256 e. The van der Waals surface area contributed by atoms with Gasteiger partial charge in [-0.25, -0.2) is 4.90 Å². The molecule has 0 N–H and O–H groups in total. The lowest BCUT2D eigenvalue weighted by Crippen LogP contribution is -2.47. The highest BCUT2D eigenvalue weighted by Crippen LogP contribution is 2.33. The molecule has 0 radical (unpaired) electrons. The molecule has 3 heterocycles. The molecule has 5 rings (SSSR count). The van der Waals surface area contributed by atoms with Gasteiger partial charge in [0.05, 0.1) is 22.7 Å². The Kier molecular flexibility index (Phi) is 4.99. The number of rotatable bonds is 4. The Morgan fingerprint density at radius 1 is 1.06 bits per heavy atom. The van der Waals surface area contributed by atoms with Crippen molar-refractivity contribution in [3.05, 3.63) is 60.2 Å². The zero-order chi connectivity index (χ0) is 21.4. The minimum Gasteiger partial charge on any atom is -0.327 e. The molecule has 31 heavy (non-hydrogen) atoms. The summed E-state index contributed by atoms with van der Waals surface area (Å²) >= 11 is 1.14. The van der Waals surface area contributed by atoms with E-state index < -0.39 is 11.9 Å². The van der Waals surface area contributed by atoms with E-state index in [1.165, 1.54) is 0 Å². The average molecular weight is 434 g/mol. The van der Waals surface area contributed by atoms with Gasteiger partial charge in [-0.05, 0) is 47.5 Å². The summed E-state index contributed by atoms with van der Waals surface area (Å²) in [6, 6.07) is 15.5. The molecule has 9 nitrogen and oxygen atoms in total. The Morgan fingerprint density at radius 2 is 1.84 bits per heavy atom. The van der Waals surface area contributed by atoms with Crippen molar-refractivity contribution >= 4 is 35.2 Å². The van der Waals surface area contributed by atoms with Gasteiger partial charge in [0.25, 0.3) is 11.8 Å². The van der Waals surface area contributed by atoms with Crippen molar-refractivity contribution in [1.82, 2.24) is 25.1 Å². The molecule has 0 unspecified atom stereocenters. The van der Waals surface area contributed by atoms with Crippen LogP contribution in [0.3, 0.4) is 0 Å². The number of carbonyl (C=O) groups is 3. The number of hydrogen-bond donors (Lipinski definition) is 0. The van der Waals surface area contributed by atoms with Crippen LogP contribution in [0.25, 0.3) is 5.69 Å². The molecule has 10 heteroatoms. The van der Waals surface area contributed by atoms with E-state index in [9.17, 15) is 14.4 Å². The Labute approximate surface area is 182 Å². The molecule has 1 saturated heterocycles. The first-order valence-electron chi connectivity index (χ1n) is 9.88. The number of fused-ring (bicyclic) bond motifs is 2. The number of carbonyl (C=O) groups excluding carboxylic acids is 3. The summed E-state index contributed by atoms with van der Waals surface area (Å²) in [7, 11) is 0. The van der Waals surface area contributed by atoms with Crippen LogP contribution in [-0.2, 0) is 9.59 Å². The van der Waals surface area contributed by atoms with Gasteiger partial charge in [-0.3, -0.25) is 14.4 Å². The highest BCUT2D eigenvalue weighted by molar-refractivity contribution is 7.99. The van der Waals surface area contributed by atoms with Crippen LogP contribution in [0.1, 0.15) is 23.2 Å². The van der Waals surface area contributed by atoms with Crippen LogP contribution in [0.2, 0.25) is 0 Å². The van der Waals surface area contributed by atoms with E-state index in [2.05, 4.69) is 15.5 Å². The van der Waals surface area contributed by atoms with Gasteiger partial charge in [-0.1, -0.05) is 42.1 Å². The average Bonchev–Trinajstić information content (AvgIpc) is 3.46. The molecule has 2 aliphatic rings. The zero-order valence-electron chi connectivity index (χ0n) is 16.4. The lowest BCUT2D eigenvalue weighted by Gasteiger charge is -2.24. The van der Waals surface area contributed by atoms with Crippen molar-refractivity contribution in [2.75, 3.05) is 17.2 Å². The molecule has 3 aromatic rings. The number of imide groups is 1. The number of thioether (sulfide) groups is 1. The van der Waals surface area contributed by atoms with Crippen LogP contribution in [-0.4, -0.2) is 61.2 Å². The molecular weight excluding hydrogens is 416 g/mol.